The summed E-state index contributed by atoms with van der Waals surface area (Å²) in [6, 6.07) is 1.16. The number of nitrogens with one attached hydrogen (secondary N) is 1. The van der Waals surface area contributed by atoms with Crippen LogP contribution in [0.4, 0.5) is 5.69 Å². The molecule has 6 heteroatoms. The summed E-state index contributed by atoms with van der Waals surface area (Å²) in [5.41, 5.74) is 0.469. The lowest BCUT2D eigenvalue weighted by atomic mass is 10.2. The molecule has 3 rings (SSSR count). The molecule has 116 valence electrons. The maximum atomic E-state index is 12.2. The van der Waals surface area contributed by atoms with E-state index in [1.54, 1.807) is 6.20 Å². The van der Waals surface area contributed by atoms with E-state index >= 15 is 0 Å². The van der Waals surface area contributed by atoms with Crippen molar-refractivity contribution in [3.8, 4) is 0 Å². The third-order valence-electron chi connectivity index (χ3n) is 4.17. The topological polar surface area (TPSA) is 50.2 Å². The SMILES string of the molecule is CC(C)Cn1ncc(NC2CCN(C3CC3)C2)c(Cl)c1=O. The summed E-state index contributed by atoms with van der Waals surface area (Å²) in [6.45, 7) is 6.88. The van der Waals surface area contributed by atoms with Gasteiger partial charge in [0.05, 0.1) is 11.9 Å². The predicted octanol–water partition coefficient (Wildman–Crippen LogP) is 2.20. The fourth-order valence-electron chi connectivity index (χ4n) is 2.94. The molecule has 0 bridgehead atoms. The van der Waals surface area contributed by atoms with Gasteiger partial charge in [-0.25, -0.2) is 4.68 Å². The second-order valence-corrected chi connectivity index (χ2v) is 6.99. The molecule has 2 fully saturated rings. The third kappa shape index (κ3) is 3.40. The van der Waals surface area contributed by atoms with E-state index in [-0.39, 0.29) is 10.6 Å². The Morgan fingerprint density at radius 1 is 1.43 bits per heavy atom. The highest BCUT2D eigenvalue weighted by molar-refractivity contribution is 6.32. The van der Waals surface area contributed by atoms with Gasteiger partial charge in [-0.05, 0) is 25.2 Å². The summed E-state index contributed by atoms with van der Waals surface area (Å²) < 4.78 is 1.45. The molecule has 1 aromatic rings. The number of hydrogen-bond donors (Lipinski definition) is 1. The minimum atomic E-state index is -0.201. The van der Waals surface area contributed by atoms with Crippen molar-refractivity contribution in [1.82, 2.24) is 14.7 Å². The van der Waals surface area contributed by atoms with Crippen LogP contribution in [-0.2, 0) is 6.54 Å². The van der Waals surface area contributed by atoms with E-state index in [2.05, 4.69) is 29.2 Å². The van der Waals surface area contributed by atoms with Gasteiger partial charge < -0.3 is 5.32 Å². The molecule has 0 aromatic carbocycles. The number of aromatic nitrogens is 2. The molecule has 21 heavy (non-hydrogen) atoms. The zero-order chi connectivity index (χ0) is 15.0. The zero-order valence-corrected chi connectivity index (χ0v) is 13.4. The molecule has 1 aliphatic heterocycles. The van der Waals surface area contributed by atoms with Crippen LogP contribution >= 0.6 is 11.6 Å². The smallest absolute Gasteiger partial charge is 0.287 e. The van der Waals surface area contributed by atoms with Gasteiger partial charge in [0, 0.05) is 31.7 Å². The standard InChI is InChI=1S/C15H23ClN4O/c1-10(2)8-20-15(21)14(16)13(7-17-20)18-11-5-6-19(9-11)12-3-4-12/h7,10-12,18H,3-6,8-9H2,1-2H3. The summed E-state index contributed by atoms with van der Waals surface area (Å²) in [7, 11) is 0. The minimum Gasteiger partial charge on any atom is -0.378 e. The average molecular weight is 311 g/mol. The summed E-state index contributed by atoms with van der Waals surface area (Å²) in [4.78, 5) is 14.7. The predicted molar refractivity (Wildman–Crippen MR) is 85.0 cm³/mol. The molecule has 0 amide bonds. The number of hydrogen-bond acceptors (Lipinski definition) is 4. The molecule has 0 spiro atoms. The molecule has 0 radical (unpaired) electrons. The van der Waals surface area contributed by atoms with Crippen LogP contribution in [0.2, 0.25) is 5.02 Å². The molecule has 2 heterocycles. The molecular formula is C15H23ClN4O. The number of rotatable bonds is 5. The van der Waals surface area contributed by atoms with Crippen molar-refractivity contribution < 1.29 is 0 Å². The van der Waals surface area contributed by atoms with Gasteiger partial charge in [0.25, 0.3) is 5.56 Å². The van der Waals surface area contributed by atoms with Gasteiger partial charge in [0.1, 0.15) is 5.02 Å². The van der Waals surface area contributed by atoms with Crippen molar-refractivity contribution in [2.24, 2.45) is 5.92 Å². The van der Waals surface area contributed by atoms with Crippen LogP contribution in [0.5, 0.6) is 0 Å². The summed E-state index contributed by atoms with van der Waals surface area (Å²) >= 11 is 6.22. The maximum Gasteiger partial charge on any atom is 0.287 e. The Morgan fingerprint density at radius 3 is 2.86 bits per heavy atom. The Morgan fingerprint density at radius 2 is 2.19 bits per heavy atom. The first-order chi connectivity index (χ1) is 10.0. The van der Waals surface area contributed by atoms with E-state index in [9.17, 15) is 4.79 Å². The fraction of sp³-hybridized carbons (Fsp3) is 0.733. The molecule has 2 aliphatic rings. The quantitative estimate of drug-likeness (QED) is 0.906. The van der Waals surface area contributed by atoms with Crippen LogP contribution in [0.1, 0.15) is 33.1 Å². The second kappa shape index (κ2) is 5.97. The largest absolute Gasteiger partial charge is 0.378 e. The van der Waals surface area contributed by atoms with E-state index in [0.29, 0.717) is 24.2 Å². The molecule has 1 aliphatic carbocycles. The maximum absolute atomic E-state index is 12.2. The highest BCUT2D eigenvalue weighted by atomic mass is 35.5. The number of likely N-dealkylation sites (tertiary alicyclic amines) is 1. The van der Waals surface area contributed by atoms with Gasteiger partial charge in [-0.3, -0.25) is 9.69 Å². The van der Waals surface area contributed by atoms with Crippen molar-refractivity contribution in [1.29, 1.82) is 0 Å². The van der Waals surface area contributed by atoms with E-state index in [0.717, 1.165) is 25.6 Å². The van der Waals surface area contributed by atoms with E-state index < -0.39 is 0 Å². The number of halogens is 1. The number of anilines is 1. The van der Waals surface area contributed by atoms with Crippen molar-refractivity contribution in [2.45, 2.75) is 51.7 Å². The van der Waals surface area contributed by atoms with E-state index in [1.165, 1.54) is 17.5 Å². The summed E-state index contributed by atoms with van der Waals surface area (Å²) in [6.07, 6.45) is 5.45. The van der Waals surface area contributed by atoms with Crippen LogP contribution in [0, 0.1) is 5.92 Å². The summed E-state index contributed by atoms with van der Waals surface area (Å²) in [5.74, 6) is 0.368. The molecule has 5 nitrogen and oxygen atoms in total. The van der Waals surface area contributed by atoms with Gasteiger partial charge in [-0.1, -0.05) is 25.4 Å². The van der Waals surface area contributed by atoms with Crippen LogP contribution in [0.25, 0.3) is 0 Å². The highest BCUT2D eigenvalue weighted by Crippen LogP contribution is 2.31. The molecule has 1 saturated heterocycles. The molecule has 1 N–H and O–H groups in total. The first-order valence-corrected chi connectivity index (χ1v) is 8.18. The Kier molecular flexibility index (Phi) is 4.22. The Balaban J connectivity index is 1.68. The molecule has 1 aromatic heterocycles. The Bertz CT molecular complexity index is 567. The van der Waals surface area contributed by atoms with E-state index in [4.69, 9.17) is 11.6 Å². The van der Waals surface area contributed by atoms with Crippen LogP contribution in [-0.4, -0.2) is 39.9 Å². The summed E-state index contributed by atoms with van der Waals surface area (Å²) in [5, 5.41) is 7.88. The zero-order valence-electron chi connectivity index (χ0n) is 12.7. The molecule has 1 unspecified atom stereocenters. The normalized spacial score (nSPS) is 23.0. The van der Waals surface area contributed by atoms with Crippen LogP contribution in [0.3, 0.4) is 0 Å². The lowest BCUT2D eigenvalue weighted by Gasteiger charge is -2.17. The van der Waals surface area contributed by atoms with Crippen molar-refractivity contribution in [2.75, 3.05) is 18.4 Å². The van der Waals surface area contributed by atoms with Crippen molar-refractivity contribution in [3.05, 3.63) is 21.6 Å². The minimum absolute atomic E-state index is 0.201. The lowest BCUT2D eigenvalue weighted by Crippen LogP contribution is -2.30. The van der Waals surface area contributed by atoms with Gasteiger partial charge in [-0.2, -0.15) is 5.10 Å². The van der Waals surface area contributed by atoms with Gasteiger partial charge in [0.2, 0.25) is 0 Å². The first kappa shape index (κ1) is 14.9. The van der Waals surface area contributed by atoms with Crippen LogP contribution in [0.15, 0.2) is 11.0 Å². The molecular weight excluding hydrogens is 288 g/mol. The highest BCUT2D eigenvalue weighted by Gasteiger charge is 2.34. The second-order valence-electron chi connectivity index (χ2n) is 6.61. The Labute approximate surface area is 130 Å². The van der Waals surface area contributed by atoms with Crippen LogP contribution < -0.4 is 10.9 Å². The lowest BCUT2D eigenvalue weighted by molar-refractivity contribution is 0.326. The monoisotopic (exact) mass is 310 g/mol. The van der Waals surface area contributed by atoms with Crippen molar-refractivity contribution in [3.63, 3.8) is 0 Å². The average Bonchev–Trinajstić information content (AvgIpc) is 3.18. The third-order valence-corrected chi connectivity index (χ3v) is 4.53. The fourth-order valence-corrected chi connectivity index (χ4v) is 3.14. The number of nitrogens with zero attached hydrogens (tertiary/aromatic N) is 3. The molecule has 1 saturated carbocycles. The van der Waals surface area contributed by atoms with Gasteiger partial charge in [0.15, 0.2) is 0 Å². The van der Waals surface area contributed by atoms with E-state index in [1.807, 2.05) is 0 Å². The molecule has 1 atom stereocenters. The van der Waals surface area contributed by atoms with Gasteiger partial charge >= 0.3 is 0 Å². The Hall–Kier alpha value is -1.07. The first-order valence-electron chi connectivity index (χ1n) is 7.81. The van der Waals surface area contributed by atoms with Crippen molar-refractivity contribution >= 4 is 17.3 Å². The van der Waals surface area contributed by atoms with Gasteiger partial charge in [-0.15, -0.1) is 0 Å².